The van der Waals surface area contributed by atoms with E-state index in [9.17, 15) is 0 Å². The number of halogens is 1. The minimum atomic E-state index is 0.369. The Labute approximate surface area is 112 Å². The van der Waals surface area contributed by atoms with Gasteiger partial charge in [-0.3, -0.25) is 0 Å². The normalized spacial score (nSPS) is 20.6. The minimum Gasteiger partial charge on any atom is -0.339 e. The molecule has 1 aliphatic rings. The van der Waals surface area contributed by atoms with Crippen molar-refractivity contribution in [3.05, 3.63) is 21.8 Å². The first kappa shape index (κ1) is 11.4. The number of nitrogens with zero attached hydrogens (tertiary/aromatic N) is 2. The van der Waals surface area contributed by atoms with Crippen LogP contribution in [0.1, 0.15) is 24.7 Å². The van der Waals surface area contributed by atoms with Crippen LogP contribution in [-0.4, -0.2) is 23.2 Å². The molecule has 2 aromatic rings. The number of hydrogen-bond donors (Lipinski definition) is 1. The van der Waals surface area contributed by atoms with Crippen LogP contribution in [0, 0.1) is 0 Å². The average Bonchev–Trinajstić information content (AvgIpc) is 2.98. The van der Waals surface area contributed by atoms with E-state index >= 15 is 0 Å². The lowest BCUT2D eigenvalue weighted by Gasteiger charge is -2.18. The standard InChI is InChI=1S/C11H12BrN3OS/c12-8-4-9(17-6-8)10-14-11(16-15-10)7-2-1-3-13-5-7/h4,6-7,13H,1-3,5H2. The van der Waals surface area contributed by atoms with Gasteiger partial charge in [-0.2, -0.15) is 4.98 Å². The molecule has 3 heterocycles. The predicted octanol–water partition coefficient (Wildman–Crippen LogP) is 3.03. The topological polar surface area (TPSA) is 51.0 Å². The van der Waals surface area contributed by atoms with Gasteiger partial charge < -0.3 is 9.84 Å². The van der Waals surface area contributed by atoms with Crippen LogP contribution in [0.4, 0.5) is 0 Å². The zero-order chi connectivity index (χ0) is 11.7. The van der Waals surface area contributed by atoms with Gasteiger partial charge in [-0.15, -0.1) is 11.3 Å². The number of hydrogen-bond acceptors (Lipinski definition) is 5. The lowest BCUT2D eigenvalue weighted by molar-refractivity contribution is 0.322. The Morgan fingerprint density at radius 1 is 1.53 bits per heavy atom. The van der Waals surface area contributed by atoms with Crippen molar-refractivity contribution in [1.29, 1.82) is 0 Å². The lowest BCUT2D eigenvalue weighted by atomic mass is 10.00. The molecule has 3 rings (SSSR count). The third-order valence-electron chi connectivity index (χ3n) is 2.88. The van der Waals surface area contributed by atoms with Gasteiger partial charge in [0, 0.05) is 16.4 Å². The third-order valence-corrected chi connectivity index (χ3v) is 4.56. The molecule has 0 amide bonds. The zero-order valence-corrected chi connectivity index (χ0v) is 11.6. The summed E-state index contributed by atoms with van der Waals surface area (Å²) < 4.78 is 6.42. The highest BCUT2D eigenvalue weighted by Crippen LogP contribution is 2.29. The van der Waals surface area contributed by atoms with Crippen LogP contribution < -0.4 is 5.32 Å². The van der Waals surface area contributed by atoms with E-state index in [0.717, 1.165) is 34.8 Å². The van der Waals surface area contributed by atoms with Crippen molar-refractivity contribution in [1.82, 2.24) is 15.5 Å². The van der Waals surface area contributed by atoms with Crippen LogP contribution in [0.2, 0.25) is 0 Å². The van der Waals surface area contributed by atoms with Crippen molar-refractivity contribution in [3.63, 3.8) is 0 Å². The zero-order valence-electron chi connectivity index (χ0n) is 9.15. The molecule has 1 atom stereocenters. The maximum absolute atomic E-state index is 5.36. The number of piperidine rings is 1. The number of thiophene rings is 1. The number of aromatic nitrogens is 2. The summed E-state index contributed by atoms with van der Waals surface area (Å²) in [7, 11) is 0. The van der Waals surface area contributed by atoms with Gasteiger partial charge in [-0.05, 0) is 41.4 Å². The third kappa shape index (κ3) is 2.43. The molecule has 1 saturated heterocycles. The highest BCUT2D eigenvalue weighted by Gasteiger charge is 2.21. The molecule has 0 aliphatic carbocycles. The highest BCUT2D eigenvalue weighted by atomic mass is 79.9. The largest absolute Gasteiger partial charge is 0.339 e. The van der Waals surface area contributed by atoms with Crippen molar-refractivity contribution in [3.8, 4) is 10.7 Å². The van der Waals surface area contributed by atoms with Crippen molar-refractivity contribution in [2.24, 2.45) is 0 Å². The Balaban J connectivity index is 1.82. The van der Waals surface area contributed by atoms with Crippen LogP contribution in [0.25, 0.3) is 10.7 Å². The van der Waals surface area contributed by atoms with E-state index in [-0.39, 0.29) is 0 Å². The van der Waals surface area contributed by atoms with E-state index in [2.05, 4.69) is 31.4 Å². The number of rotatable bonds is 2. The Morgan fingerprint density at radius 3 is 3.18 bits per heavy atom. The molecular weight excluding hydrogens is 302 g/mol. The summed E-state index contributed by atoms with van der Waals surface area (Å²) in [6, 6.07) is 2.01. The molecule has 1 fully saturated rings. The fraction of sp³-hybridized carbons (Fsp3) is 0.455. The first-order valence-corrected chi connectivity index (χ1v) is 7.29. The number of nitrogens with one attached hydrogen (secondary N) is 1. The Hall–Kier alpha value is -0.720. The van der Waals surface area contributed by atoms with Crippen LogP contribution in [0.15, 0.2) is 20.4 Å². The van der Waals surface area contributed by atoms with E-state index in [0.29, 0.717) is 11.7 Å². The lowest BCUT2D eigenvalue weighted by Crippen LogP contribution is -2.28. The molecule has 1 unspecified atom stereocenters. The van der Waals surface area contributed by atoms with Crippen LogP contribution in [-0.2, 0) is 0 Å². The minimum absolute atomic E-state index is 0.369. The monoisotopic (exact) mass is 313 g/mol. The van der Waals surface area contributed by atoms with Gasteiger partial charge in [0.15, 0.2) is 0 Å². The molecule has 4 nitrogen and oxygen atoms in total. The molecule has 17 heavy (non-hydrogen) atoms. The van der Waals surface area contributed by atoms with Gasteiger partial charge in [-0.1, -0.05) is 5.16 Å². The van der Waals surface area contributed by atoms with Gasteiger partial charge in [-0.25, -0.2) is 0 Å². The van der Waals surface area contributed by atoms with E-state index < -0.39 is 0 Å². The van der Waals surface area contributed by atoms with Crippen LogP contribution >= 0.6 is 27.3 Å². The SMILES string of the molecule is Brc1csc(-c2noc(C3CCCNC3)n2)c1. The molecule has 0 aromatic carbocycles. The van der Waals surface area contributed by atoms with Gasteiger partial charge in [0.2, 0.25) is 11.7 Å². The summed E-state index contributed by atoms with van der Waals surface area (Å²) in [5.41, 5.74) is 0. The second-order valence-electron chi connectivity index (χ2n) is 4.13. The summed E-state index contributed by atoms with van der Waals surface area (Å²) in [6.45, 7) is 2.03. The molecule has 0 saturated carbocycles. The molecule has 0 spiro atoms. The van der Waals surface area contributed by atoms with Gasteiger partial charge in [0.1, 0.15) is 0 Å². The van der Waals surface area contributed by atoms with E-state index in [1.54, 1.807) is 11.3 Å². The molecule has 1 N–H and O–H groups in total. The highest BCUT2D eigenvalue weighted by molar-refractivity contribution is 9.10. The van der Waals surface area contributed by atoms with Crippen molar-refractivity contribution < 1.29 is 4.52 Å². The molecule has 6 heteroatoms. The van der Waals surface area contributed by atoms with Crippen molar-refractivity contribution in [2.45, 2.75) is 18.8 Å². The Morgan fingerprint density at radius 2 is 2.47 bits per heavy atom. The van der Waals surface area contributed by atoms with E-state index in [1.165, 1.54) is 6.42 Å². The summed E-state index contributed by atoms with van der Waals surface area (Å²) in [5.74, 6) is 1.83. The Bertz CT molecular complexity index is 504. The van der Waals surface area contributed by atoms with E-state index in [1.807, 2.05) is 11.4 Å². The molecular formula is C11H12BrN3OS. The molecule has 0 bridgehead atoms. The molecule has 1 aliphatic heterocycles. The first-order valence-electron chi connectivity index (χ1n) is 5.61. The van der Waals surface area contributed by atoms with Gasteiger partial charge in [0.05, 0.1) is 10.8 Å². The van der Waals surface area contributed by atoms with Crippen molar-refractivity contribution in [2.75, 3.05) is 13.1 Å². The molecule has 0 radical (unpaired) electrons. The smallest absolute Gasteiger partial charge is 0.231 e. The first-order chi connectivity index (χ1) is 8.33. The summed E-state index contributed by atoms with van der Waals surface area (Å²) in [6.07, 6.45) is 2.30. The maximum Gasteiger partial charge on any atom is 0.231 e. The fourth-order valence-electron chi connectivity index (χ4n) is 1.99. The predicted molar refractivity (Wildman–Crippen MR) is 70.2 cm³/mol. The second kappa shape index (κ2) is 4.88. The van der Waals surface area contributed by atoms with Gasteiger partial charge in [0.25, 0.3) is 0 Å². The average molecular weight is 314 g/mol. The van der Waals surface area contributed by atoms with Crippen LogP contribution in [0.3, 0.4) is 0 Å². The maximum atomic E-state index is 5.36. The summed E-state index contributed by atoms with van der Waals surface area (Å²) in [4.78, 5) is 5.53. The van der Waals surface area contributed by atoms with Crippen molar-refractivity contribution >= 4 is 27.3 Å². The molecule has 90 valence electrons. The quantitative estimate of drug-likeness (QED) is 0.926. The second-order valence-corrected chi connectivity index (χ2v) is 5.96. The van der Waals surface area contributed by atoms with Crippen LogP contribution in [0.5, 0.6) is 0 Å². The summed E-state index contributed by atoms with van der Waals surface area (Å²) >= 11 is 5.04. The van der Waals surface area contributed by atoms with Gasteiger partial charge >= 0.3 is 0 Å². The summed E-state index contributed by atoms with van der Waals surface area (Å²) in [5, 5.41) is 9.43. The Kier molecular flexibility index (Phi) is 3.26. The fourth-order valence-corrected chi connectivity index (χ4v) is 3.35. The van der Waals surface area contributed by atoms with E-state index in [4.69, 9.17) is 4.52 Å². The molecule has 2 aromatic heterocycles.